The molecule has 9 heteroatoms. The summed E-state index contributed by atoms with van der Waals surface area (Å²) in [5, 5.41) is 0. The summed E-state index contributed by atoms with van der Waals surface area (Å²) >= 11 is 0. The van der Waals surface area contributed by atoms with E-state index in [4.69, 9.17) is 28.7 Å². The lowest BCUT2D eigenvalue weighted by atomic mass is 9.92. The molecule has 0 aromatic heterocycles. The van der Waals surface area contributed by atoms with E-state index in [2.05, 4.69) is 0 Å². The van der Waals surface area contributed by atoms with Crippen LogP contribution in [0.25, 0.3) is 0 Å². The van der Waals surface area contributed by atoms with E-state index in [1.807, 2.05) is 7.85 Å². The Balaban J connectivity index is 2.53. The largest absolute Gasteiger partial charge is 0.382 e. The molecule has 1 rings (SSSR count). The van der Waals surface area contributed by atoms with Gasteiger partial charge < -0.3 is 28.7 Å². The Labute approximate surface area is 114 Å². The maximum atomic E-state index is 10.9. The quantitative estimate of drug-likeness (QED) is 0.335. The summed E-state index contributed by atoms with van der Waals surface area (Å²) in [5.41, 5.74) is 0. The van der Waals surface area contributed by atoms with Crippen LogP contribution in [0.15, 0.2) is 0 Å². The first-order chi connectivity index (χ1) is 8.89. The minimum atomic E-state index is -4.02. The highest BCUT2D eigenvalue weighted by molar-refractivity contribution is 7.51. The number of methoxy groups -OCH3 is 2. The molecule has 0 aliphatic carbocycles. The second kappa shape index (κ2) is 7.74. The van der Waals surface area contributed by atoms with E-state index >= 15 is 0 Å². The van der Waals surface area contributed by atoms with Gasteiger partial charge in [0, 0.05) is 14.2 Å². The van der Waals surface area contributed by atoms with Crippen LogP contribution in [0.4, 0.5) is 0 Å². The van der Waals surface area contributed by atoms with Crippen LogP contribution in [-0.4, -0.2) is 75.5 Å². The Bertz CT molecular complexity index is 310. The van der Waals surface area contributed by atoms with E-state index in [0.29, 0.717) is 13.2 Å². The Morgan fingerprint density at radius 2 is 1.95 bits per heavy atom. The molecule has 0 aromatic rings. The smallest absolute Gasteiger partial charge is 0.325 e. The molecule has 112 valence electrons. The van der Waals surface area contributed by atoms with Gasteiger partial charge in [0.25, 0.3) is 0 Å². The first kappa shape index (κ1) is 17.1. The highest BCUT2D eigenvalue weighted by Crippen LogP contribution is 2.38. The molecule has 0 amide bonds. The van der Waals surface area contributed by atoms with Crippen molar-refractivity contribution in [1.82, 2.24) is 0 Å². The third-order valence-electron chi connectivity index (χ3n) is 3.12. The van der Waals surface area contributed by atoms with Crippen LogP contribution in [0.1, 0.15) is 6.42 Å². The van der Waals surface area contributed by atoms with Crippen molar-refractivity contribution >= 4 is 15.4 Å². The van der Waals surface area contributed by atoms with Gasteiger partial charge >= 0.3 is 7.60 Å². The summed E-state index contributed by atoms with van der Waals surface area (Å²) in [6.07, 6.45) is -0.896. The van der Waals surface area contributed by atoms with E-state index in [9.17, 15) is 4.57 Å². The Hall–Kier alpha value is 0.0549. The van der Waals surface area contributed by atoms with Crippen molar-refractivity contribution in [3.05, 3.63) is 0 Å². The fraction of sp³-hybridized carbons (Fsp3) is 1.00. The summed E-state index contributed by atoms with van der Waals surface area (Å²) in [7, 11) is 0.982. The number of ether oxygens (including phenoxy) is 4. The molecule has 7 nitrogen and oxygen atoms in total. The molecule has 4 atom stereocenters. The molecule has 2 N–H and O–H groups in total. The van der Waals surface area contributed by atoms with Crippen LogP contribution < -0.4 is 0 Å². The lowest BCUT2D eigenvalue weighted by Crippen LogP contribution is -2.38. The molecule has 1 aliphatic heterocycles. The van der Waals surface area contributed by atoms with Gasteiger partial charge in [-0.15, -0.1) is 0 Å². The van der Waals surface area contributed by atoms with Crippen LogP contribution >= 0.6 is 7.60 Å². The van der Waals surface area contributed by atoms with E-state index in [1.54, 1.807) is 14.2 Å². The van der Waals surface area contributed by atoms with Gasteiger partial charge in [0.2, 0.25) is 0 Å². The fourth-order valence-corrected chi connectivity index (χ4v) is 2.81. The van der Waals surface area contributed by atoms with Crippen molar-refractivity contribution in [3.63, 3.8) is 0 Å². The first-order valence-electron chi connectivity index (χ1n) is 6.22. The highest BCUT2D eigenvalue weighted by atomic mass is 31.2. The van der Waals surface area contributed by atoms with Gasteiger partial charge in [-0.3, -0.25) is 4.57 Å². The average molecular weight is 296 g/mol. The van der Waals surface area contributed by atoms with E-state index in [-0.39, 0.29) is 36.9 Å². The van der Waals surface area contributed by atoms with E-state index in [0.717, 1.165) is 0 Å². The van der Waals surface area contributed by atoms with Crippen LogP contribution in [-0.2, 0) is 23.5 Å². The Kier molecular flexibility index (Phi) is 6.97. The minimum absolute atomic E-state index is 0.177. The third kappa shape index (κ3) is 5.51. The third-order valence-corrected chi connectivity index (χ3v) is 3.96. The first-order valence-corrected chi connectivity index (χ1v) is 8.02. The van der Waals surface area contributed by atoms with Crippen molar-refractivity contribution in [2.24, 2.45) is 0 Å². The maximum absolute atomic E-state index is 10.9. The number of rotatable bonds is 8. The molecule has 0 spiro atoms. The molecule has 0 radical (unpaired) electrons. The van der Waals surface area contributed by atoms with Crippen LogP contribution in [0.3, 0.4) is 0 Å². The summed E-state index contributed by atoms with van der Waals surface area (Å²) in [6.45, 7) is 0.909. The zero-order chi connectivity index (χ0) is 14.5. The second-order valence-corrected chi connectivity index (χ2v) is 6.36. The monoisotopic (exact) mass is 296 g/mol. The van der Waals surface area contributed by atoms with Gasteiger partial charge in [0.1, 0.15) is 20.1 Å². The SMILES string of the molecule is B[C@@H]1O[C@H](CCP(=O)(O)O)[C@@H](OC)[C@H]1OCCOC. The van der Waals surface area contributed by atoms with Crippen molar-refractivity contribution in [1.29, 1.82) is 0 Å². The highest BCUT2D eigenvalue weighted by Gasteiger charge is 2.43. The van der Waals surface area contributed by atoms with Crippen LogP contribution in [0.2, 0.25) is 0 Å². The molecule has 1 heterocycles. The van der Waals surface area contributed by atoms with Crippen molar-refractivity contribution in [2.75, 3.05) is 33.6 Å². The zero-order valence-corrected chi connectivity index (χ0v) is 12.4. The molecule has 0 bridgehead atoms. The number of hydrogen-bond acceptors (Lipinski definition) is 5. The summed E-state index contributed by atoms with van der Waals surface area (Å²) in [4.78, 5) is 17.8. The van der Waals surface area contributed by atoms with Gasteiger partial charge in [-0.2, -0.15) is 0 Å². The van der Waals surface area contributed by atoms with Crippen molar-refractivity contribution in [2.45, 2.75) is 30.7 Å². The molecule has 1 aliphatic rings. The van der Waals surface area contributed by atoms with Gasteiger partial charge in [0.05, 0.1) is 31.5 Å². The lowest BCUT2D eigenvalue weighted by Gasteiger charge is -2.22. The molecular formula is C10H22BO7P. The molecular weight excluding hydrogens is 274 g/mol. The molecule has 1 fully saturated rings. The zero-order valence-electron chi connectivity index (χ0n) is 11.5. The second-order valence-electron chi connectivity index (χ2n) is 4.59. The number of hydrogen-bond donors (Lipinski definition) is 2. The predicted octanol–water partition coefficient (Wildman–Crippen LogP) is -1.04. The maximum Gasteiger partial charge on any atom is 0.325 e. The van der Waals surface area contributed by atoms with Crippen molar-refractivity contribution < 1.29 is 33.3 Å². The van der Waals surface area contributed by atoms with Crippen molar-refractivity contribution in [3.8, 4) is 0 Å². The normalized spacial score (nSPS) is 31.8. The topological polar surface area (TPSA) is 94.5 Å². The summed E-state index contributed by atoms with van der Waals surface area (Å²) in [6, 6.07) is -0.177. The van der Waals surface area contributed by atoms with Gasteiger partial charge in [0.15, 0.2) is 0 Å². The molecule has 19 heavy (non-hydrogen) atoms. The van der Waals surface area contributed by atoms with Crippen LogP contribution in [0, 0.1) is 0 Å². The van der Waals surface area contributed by atoms with Crippen LogP contribution in [0.5, 0.6) is 0 Å². The fourth-order valence-electron chi connectivity index (χ4n) is 2.22. The summed E-state index contributed by atoms with van der Waals surface area (Å²) in [5.74, 6) is 0. The minimum Gasteiger partial charge on any atom is -0.382 e. The standard InChI is InChI=1S/C10H22BO7P/c1-15-4-5-17-9-8(16-2)7(18-10(9)11)3-6-19(12,13)14/h7-10H,3-6,11H2,1-2H3,(H2,12,13,14)/t7-,8-,9-,10-/m1/s1. The van der Waals surface area contributed by atoms with Gasteiger partial charge in [-0.1, -0.05) is 0 Å². The molecule has 0 saturated carbocycles. The predicted molar refractivity (Wildman–Crippen MR) is 71.1 cm³/mol. The van der Waals surface area contributed by atoms with Gasteiger partial charge in [-0.25, -0.2) is 0 Å². The van der Waals surface area contributed by atoms with Gasteiger partial charge in [-0.05, 0) is 6.42 Å². The molecule has 0 unspecified atom stereocenters. The lowest BCUT2D eigenvalue weighted by molar-refractivity contribution is -0.0546. The molecule has 1 saturated heterocycles. The molecule has 0 aromatic carbocycles. The Morgan fingerprint density at radius 3 is 2.47 bits per heavy atom. The van der Waals surface area contributed by atoms with E-state index in [1.165, 1.54) is 0 Å². The Morgan fingerprint density at radius 1 is 1.26 bits per heavy atom. The summed E-state index contributed by atoms with van der Waals surface area (Å²) < 4.78 is 32.5. The average Bonchev–Trinajstić information content (AvgIpc) is 2.62. The van der Waals surface area contributed by atoms with E-state index < -0.39 is 7.60 Å².